The van der Waals surface area contributed by atoms with Crippen LogP contribution in [0.5, 0.6) is 5.75 Å². The Morgan fingerprint density at radius 3 is 2.60 bits per heavy atom. The van der Waals surface area contributed by atoms with E-state index in [2.05, 4.69) is 5.32 Å². The topological polar surface area (TPSA) is 96.6 Å². The van der Waals surface area contributed by atoms with E-state index < -0.39 is 15.7 Å². The number of hydrogen-bond acceptors (Lipinski definition) is 5. The average molecular weight is 359 g/mol. The van der Waals surface area contributed by atoms with Gasteiger partial charge in [-0.25, -0.2) is 8.42 Å². The fourth-order valence-electron chi connectivity index (χ4n) is 2.55. The smallest absolute Gasteiger partial charge is 0.291 e. The molecule has 2 aromatic carbocycles. The first kappa shape index (κ1) is 17.0. The van der Waals surface area contributed by atoms with E-state index in [1.807, 2.05) is 12.1 Å². The molecule has 0 atom stereocenters. The van der Waals surface area contributed by atoms with Crippen LogP contribution in [0.3, 0.4) is 0 Å². The van der Waals surface area contributed by atoms with Crippen LogP contribution in [-0.2, 0) is 9.84 Å². The molecule has 1 aromatic heterocycles. The number of fused-ring (bicyclic) bond motifs is 1. The van der Waals surface area contributed by atoms with Crippen molar-refractivity contribution in [2.24, 2.45) is 0 Å². The van der Waals surface area contributed by atoms with Gasteiger partial charge in [0, 0.05) is 10.9 Å². The van der Waals surface area contributed by atoms with Gasteiger partial charge < -0.3 is 14.8 Å². The van der Waals surface area contributed by atoms with Crippen molar-refractivity contribution in [3.8, 4) is 5.75 Å². The van der Waals surface area contributed by atoms with Crippen molar-refractivity contribution in [3.05, 3.63) is 53.8 Å². The number of aryl methyl sites for hydroxylation is 1. The predicted octanol–water partition coefficient (Wildman–Crippen LogP) is 3.49. The summed E-state index contributed by atoms with van der Waals surface area (Å²) in [4.78, 5) is 12.6. The molecule has 1 heterocycles. The molecule has 0 saturated carbocycles. The largest absolute Gasteiger partial charge is 0.506 e. The number of rotatable bonds is 4. The van der Waals surface area contributed by atoms with Crippen molar-refractivity contribution in [1.29, 1.82) is 0 Å². The molecule has 7 heteroatoms. The molecule has 6 nitrogen and oxygen atoms in total. The van der Waals surface area contributed by atoms with E-state index in [0.29, 0.717) is 11.1 Å². The highest BCUT2D eigenvalue weighted by atomic mass is 32.2. The van der Waals surface area contributed by atoms with Gasteiger partial charge in [0.1, 0.15) is 11.3 Å². The van der Waals surface area contributed by atoms with Gasteiger partial charge in [0.2, 0.25) is 0 Å². The number of phenolic OH excluding ortho intramolecular Hbond substituents is 1. The van der Waals surface area contributed by atoms with Crippen molar-refractivity contribution < 1.29 is 22.7 Å². The highest BCUT2D eigenvalue weighted by molar-refractivity contribution is 7.91. The van der Waals surface area contributed by atoms with Gasteiger partial charge in [-0.3, -0.25) is 4.79 Å². The summed E-state index contributed by atoms with van der Waals surface area (Å²) in [6, 6.07) is 11.0. The van der Waals surface area contributed by atoms with Gasteiger partial charge in [0.05, 0.1) is 16.3 Å². The van der Waals surface area contributed by atoms with Crippen LogP contribution in [0.15, 0.2) is 51.8 Å². The second-order valence-corrected chi connectivity index (χ2v) is 7.87. The van der Waals surface area contributed by atoms with E-state index in [1.165, 1.54) is 25.1 Å². The van der Waals surface area contributed by atoms with Crippen molar-refractivity contribution in [3.63, 3.8) is 0 Å². The molecule has 0 fully saturated rings. The summed E-state index contributed by atoms with van der Waals surface area (Å²) < 4.78 is 29.5. The second kappa shape index (κ2) is 6.25. The lowest BCUT2D eigenvalue weighted by Crippen LogP contribution is -2.13. The summed E-state index contributed by atoms with van der Waals surface area (Å²) in [5, 5.41) is 13.3. The van der Waals surface area contributed by atoms with E-state index in [1.54, 1.807) is 19.1 Å². The van der Waals surface area contributed by atoms with Crippen LogP contribution in [0.25, 0.3) is 11.0 Å². The molecule has 0 bridgehead atoms. The molecule has 0 unspecified atom stereocenters. The van der Waals surface area contributed by atoms with Gasteiger partial charge in [-0.05, 0) is 31.2 Å². The first-order valence-electron chi connectivity index (χ1n) is 7.68. The molecule has 0 aliphatic rings. The average Bonchev–Trinajstić information content (AvgIpc) is 2.94. The highest BCUT2D eigenvalue weighted by Gasteiger charge is 2.20. The number of nitrogens with one attached hydrogen (secondary N) is 1. The van der Waals surface area contributed by atoms with Crippen LogP contribution in [0.4, 0.5) is 5.69 Å². The maximum Gasteiger partial charge on any atom is 0.291 e. The zero-order valence-electron chi connectivity index (χ0n) is 13.7. The lowest BCUT2D eigenvalue weighted by atomic mass is 10.1. The number of aromatic hydroxyl groups is 1. The highest BCUT2D eigenvalue weighted by Crippen LogP contribution is 2.29. The Hall–Kier alpha value is -2.80. The van der Waals surface area contributed by atoms with Gasteiger partial charge in [-0.1, -0.05) is 25.1 Å². The van der Waals surface area contributed by atoms with Gasteiger partial charge in [0.15, 0.2) is 15.6 Å². The third-order valence-electron chi connectivity index (χ3n) is 4.01. The standard InChI is InChI=1S/C18H17NO5S/c1-3-25(22,23)12-8-9-15(20)14(10-12)19-18(21)17-11(2)13-6-4-5-7-16(13)24-17/h4-10,20H,3H2,1-2H3,(H,19,21). The number of benzene rings is 2. The van der Waals surface area contributed by atoms with E-state index in [-0.39, 0.29) is 27.8 Å². The molecule has 3 rings (SSSR count). The number of carbonyl (C=O) groups is 1. The summed E-state index contributed by atoms with van der Waals surface area (Å²) in [7, 11) is -3.45. The summed E-state index contributed by atoms with van der Waals surface area (Å²) in [5.74, 6) is -0.745. The Balaban J connectivity index is 1.97. The van der Waals surface area contributed by atoms with Crippen molar-refractivity contribution in [2.75, 3.05) is 11.1 Å². The van der Waals surface area contributed by atoms with Crippen molar-refractivity contribution in [2.45, 2.75) is 18.7 Å². The lowest BCUT2D eigenvalue weighted by Gasteiger charge is -2.09. The van der Waals surface area contributed by atoms with E-state index in [4.69, 9.17) is 4.42 Å². The number of amides is 1. The third kappa shape index (κ3) is 3.10. The normalized spacial score (nSPS) is 11.6. The quantitative estimate of drug-likeness (QED) is 0.695. The Morgan fingerprint density at radius 1 is 1.20 bits per heavy atom. The summed E-state index contributed by atoms with van der Waals surface area (Å²) >= 11 is 0. The van der Waals surface area contributed by atoms with Gasteiger partial charge in [-0.2, -0.15) is 0 Å². The number of sulfone groups is 1. The molecule has 0 spiro atoms. The molecule has 25 heavy (non-hydrogen) atoms. The number of para-hydroxylation sites is 1. The molecule has 3 aromatic rings. The summed E-state index contributed by atoms with van der Waals surface area (Å²) in [6.45, 7) is 3.29. The fraction of sp³-hybridized carbons (Fsp3) is 0.167. The fourth-order valence-corrected chi connectivity index (χ4v) is 3.45. The molecular weight excluding hydrogens is 342 g/mol. The molecular formula is C18H17NO5S. The molecule has 0 saturated heterocycles. The van der Waals surface area contributed by atoms with Crippen LogP contribution in [0.1, 0.15) is 23.0 Å². The van der Waals surface area contributed by atoms with E-state index >= 15 is 0 Å². The molecule has 0 aliphatic heterocycles. The zero-order chi connectivity index (χ0) is 18.2. The molecule has 0 radical (unpaired) electrons. The Kier molecular flexibility index (Phi) is 4.26. The number of phenols is 1. The lowest BCUT2D eigenvalue weighted by molar-refractivity contribution is 0.0997. The first-order chi connectivity index (χ1) is 11.8. The Bertz CT molecular complexity index is 1070. The van der Waals surface area contributed by atoms with Crippen LogP contribution in [0, 0.1) is 6.92 Å². The number of anilines is 1. The minimum absolute atomic E-state index is 0.0133. The molecule has 0 aliphatic carbocycles. The number of furan rings is 1. The van der Waals surface area contributed by atoms with Crippen LogP contribution in [-0.4, -0.2) is 25.2 Å². The van der Waals surface area contributed by atoms with Gasteiger partial charge in [-0.15, -0.1) is 0 Å². The predicted molar refractivity (Wildman–Crippen MR) is 94.7 cm³/mol. The van der Waals surface area contributed by atoms with Crippen LogP contribution < -0.4 is 5.32 Å². The monoisotopic (exact) mass is 359 g/mol. The maximum absolute atomic E-state index is 12.5. The van der Waals surface area contributed by atoms with Crippen molar-refractivity contribution >= 4 is 32.4 Å². The van der Waals surface area contributed by atoms with Gasteiger partial charge >= 0.3 is 0 Å². The minimum Gasteiger partial charge on any atom is -0.506 e. The van der Waals surface area contributed by atoms with Crippen molar-refractivity contribution in [1.82, 2.24) is 0 Å². The number of hydrogen-bond donors (Lipinski definition) is 2. The Morgan fingerprint density at radius 2 is 1.92 bits per heavy atom. The summed E-state index contributed by atoms with van der Waals surface area (Å²) in [6.07, 6.45) is 0. The number of carbonyl (C=O) groups excluding carboxylic acids is 1. The zero-order valence-corrected chi connectivity index (χ0v) is 14.6. The summed E-state index contributed by atoms with van der Waals surface area (Å²) in [5.41, 5.74) is 1.26. The molecule has 130 valence electrons. The van der Waals surface area contributed by atoms with E-state index in [0.717, 1.165) is 5.39 Å². The maximum atomic E-state index is 12.5. The van der Waals surface area contributed by atoms with Gasteiger partial charge in [0.25, 0.3) is 5.91 Å². The third-order valence-corrected chi connectivity index (χ3v) is 5.74. The van der Waals surface area contributed by atoms with Crippen LogP contribution in [0.2, 0.25) is 0 Å². The van der Waals surface area contributed by atoms with Crippen LogP contribution >= 0.6 is 0 Å². The SMILES string of the molecule is CCS(=O)(=O)c1ccc(O)c(NC(=O)c2oc3ccccc3c2C)c1. The molecule has 1 amide bonds. The minimum atomic E-state index is -3.45. The van der Waals surface area contributed by atoms with E-state index in [9.17, 15) is 18.3 Å². The Labute approximate surface area is 145 Å². The molecule has 2 N–H and O–H groups in total. The second-order valence-electron chi connectivity index (χ2n) is 5.59. The first-order valence-corrected chi connectivity index (χ1v) is 9.34.